The van der Waals surface area contributed by atoms with Gasteiger partial charge in [-0.3, -0.25) is 10.2 Å². The molecule has 0 unspecified atom stereocenters. The van der Waals surface area contributed by atoms with Crippen LogP contribution in [0.2, 0.25) is 0 Å². The zero-order valence-electron chi connectivity index (χ0n) is 11.4. The molecule has 104 valence electrons. The van der Waals surface area contributed by atoms with E-state index in [1.165, 1.54) is 6.42 Å². The Kier molecular flexibility index (Phi) is 5.10. The largest absolute Gasteiger partial charge is 0.496 e. The van der Waals surface area contributed by atoms with E-state index in [0.717, 1.165) is 30.8 Å². The molecule has 1 N–H and O–H groups in total. The summed E-state index contributed by atoms with van der Waals surface area (Å²) in [6.45, 7) is 1.86. The maximum atomic E-state index is 12.3. The number of ether oxygens (including phenoxy) is 1. The van der Waals surface area contributed by atoms with Crippen LogP contribution in [0, 0.1) is 0 Å². The van der Waals surface area contributed by atoms with Gasteiger partial charge in [-0.1, -0.05) is 6.42 Å². The normalized spacial score (nSPS) is 16.1. The minimum atomic E-state index is -0.0913. The Morgan fingerprint density at radius 3 is 2.68 bits per heavy atom. The molecule has 4 nitrogen and oxygen atoms in total. The zero-order chi connectivity index (χ0) is 13.7. The quantitative estimate of drug-likeness (QED) is 0.861. The highest BCUT2D eigenvalue weighted by Crippen LogP contribution is 2.25. The van der Waals surface area contributed by atoms with Crippen LogP contribution in [0.25, 0.3) is 0 Å². The van der Waals surface area contributed by atoms with Gasteiger partial charge in [-0.25, -0.2) is 5.01 Å². The molecule has 1 saturated heterocycles. The second kappa shape index (κ2) is 6.82. The van der Waals surface area contributed by atoms with E-state index in [-0.39, 0.29) is 5.91 Å². The molecule has 0 aromatic heterocycles. The van der Waals surface area contributed by atoms with Gasteiger partial charge < -0.3 is 4.74 Å². The standard InChI is InChI=1S/C14H20N2O2S/c1-18-13-10-11(19-2)6-7-12(13)14(17)15-16-8-4-3-5-9-16/h6-7,10H,3-5,8-9H2,1-2H3,(H,15,17). The van der Waals surface area contributed by atoms with Gasteiger partial charge in [0.1, 0.15) is 5.75 Å². The summed E-state index contributed by atoms with van der Waals surface area (Å²) in [5.74, 6) is 0.535. The molecule has 1 amide bonds. The van der Waals surface area contributed by atoms with Gasteiger partial charge in [-0.05, 0) is 37.3 Å². The molecule has 0 bridgehead atoms. The lowest BCUT2D eigenvalue weighted by Crippen LogP contribution is -2.45. The van der Waals surface area contributed by atoms with Crippen molar-refractivity contribution >= 4 is 17.7 Å². The van der Waals surface area contributed by atoms with E-state index in [1.54, 1.807) is 18.9 Å². The van der Waals surface area contributed by atoms with Crippen molar-refractivity contribution in [2.24, 2.45) is 0 Å². The number of piperidine rings is 1. The molecule has 1 fully saturated rings. The molecule has 1 aliphatic heterocycles. The van der Waals surface area contributed by atoms with E-state index in [0.29, 0.717) is 11.3 Å². The Bertz CT molecular complexity index is 445. The number of benzene rings is 1. The summed E-state index contributed by atoms with van der Waals surface area (Å²) in [4.78, 5) is 13.3. The van der Waals surface area contributed by atoms with Gasteiger partial charge in [0.05, 0.1) is 12.7 Å². The van der Waals surface area contributed by atoms with Crippen molar-refractivity contribution in [3.05, 3.63) is 23.8 Å². The average molecular weight is 280 g/mol. The van der Waals surface area contributed by atoms with Crippen molar-refractivity contribution in [3.8, 4) is 5.75 Å². The lowest BCUT2D eigenvalue weighted by molar-refractivity contribution is 0.0747. The number of hydrogen-bond acceptors (Lipinski definition) is 4. The van der Waals surface area contributed by atoms with Crippen molar-refractivity contribution < 1.29 is 9.53 Å². The molecule has 1 aromatic rings. The van der Waals surface area contributed by atoms with Gasteiger partial charge in [-0.2, -0.15) is 0 Å². The summed E-state index contributed by atoms with van der Waals surface area (Å²) < 4.78 is 5.31. The number of nitrogens with zero attached hydrogens (tertiary/aromatic N) is 1. The molecule has 1 heterocycles. The minimum absolute atomic E-state index is 0.0913. The molecular formula is C14H20N2O2S. The molecule has 1 aromatic carbocycles. The number of hydrazine groups is 1. The molecule has 0 saturated carbocycles. The summed E-state index contributed by atoms with van der Waals surface area (Å²) in [6, 6.07) is 5.66. The monoisotopic (exact) mass is 280 g/mol. The molecule has 0 radical (unpaired) electrons. The van der Waals surface area contributed by atoms with Crippen LogP contribution in [0.5, 0.6) is 5.75 Å². The van der Waals surface area contributed by atoms with Crippen molar-refractivity contribution in [1.29, 1.82) is 0 Å². The number of nitrogens with one attached hydrogen (secondary N) is 1. The van der Waals surface area contributed by atoms with Crippen molar-refractivity contribution in [3.63, 3.8) is 0 Å². The first-order valence-corrected chi connectivity index (χ1v) is 7.75. The smallest absolute Gasteiger partial charge is 0.269 e. The number of thioether (sulfide) groups is 1. The number of rotatable bonds is 4. The van der Waals surface area contributed by atoms with E-state index in [9.17, 15) is 4.79 Å². The van der Waals surface area contributed by atoms with Crippen LogP contribution in [-0.4, -0.2) is 37.4 Å². The SMILES string of the molecule is COc1cc(SC)ccc1C(=O)NN1CCCCC1. The van der Waals surface area contributed by atoms with E-state index in [2.05, 4.69) is 5.43 Å². The minimum Gasteiger partial charge on any atom is -0.496 e. The highest BCUT2D eigenvalue weighted by atomic mass is 32.2. The molecular weight excluding hydrogens is 260 g/mol. The Morgan fingerprint density at radius 2 is 2.05 bits per heavy atom. The highest BCUT2D eigenvalue weighted by molar-refractivity contribution is 7.98. The van der Waals surface area contributed by atoms with Crippen LogP contribution < -0.4 is 10.2 Å². The number of hydrogen-bond donors (Lipinski definition) is 1. The van der Waals surface area contributed by atoms with E-state index < -0.39 is 0 Å². The first-order valence-electron chi connectivity index (χ1n) is 6.52. The van der Waals surface area contributed by atoms with E-state index >= 15 is 0 Å². The summed E-state index contributed by atoms with van der Waals surface area (Å²) in [5, 5.41) is 1.99. The molecule has 19 heavy (non-hydrogen) atoms. The van der Waals surface area contributed by atoms with Gasteiger partial charge >= 0.3 is 0 Å². The highest BCUT2D eigenvalue weighted by Gasteiger charge is 2.17. The van der Waals surface area contributed by atoms with Gasteiger partial charge in [0.2, 0.25) is 0 Å². The van der Waals surface area contributed by atoms with Crippen LogP contribution in [-0.2, 0) is 0 Å². The third-order valence-electron chi connectivity index (χ3n) is 3.27. The number of carbonyl (C=O) groups excluding carboxylic acids is 1. The number of amides is 1. The second-order valence-corrected chi connectivity index (χ2v) is 5.43. The molecule has 5 heteroatoms. The fraction of sp³-hybridized carbons (Fsp3) is 0.500. The maximum absolute atomic E-state index is 12.3. The maximum Gasteiger partial charge on any atom is 0.269 e. The second-order valence-electron chi connectivity index (χ2n) is 4.55. The molecule has 0 spiro atoms. The lowest BCUT2D eigenvalue weighted by Gasteiger charge is -2.27. The number of carbonyl (C=O) groups is 1. The lowest BCUT2D eigenvalue weighted by atomic mass is 10.1. The van der Waals surface area contributed by atoms with Gasteiger partial charge in [-0.15, -0.1) is 11.8 Å². The van der Waals surface area contributed by atoms with E-state index in [1.807, 2.05) is 29.5 Å². The summed E-state index contributed by atoms with van der Waals surface area (Å²) in [7, 11) is 1.59. The van der Waals surface area contributed by atoms with Gasteiger partial charge in [0.25, 0.3) is 5.91 Å². The summed E-state index contributed by atoms with van der Waals surface area (Å²) >= 11 is 1.63. The molecule has 1 aliphatic rings. The molecule has 0 atom stereocenters. The predicted octanol–water partition coefficient (Wildman–Crippen LogP) is 2.55. The summed E-state index contributed by atoms with van der Waals surface area (Å²) in [6.07, 6.45) is 5.53. The van der Waals surface area contributed by atoms with Crippen molar-refractivity contribution in [2.75, 3.05) is 26.5 Å². The Morgan fingerprint density at radius 1 is 1.32 bits per heavy atom. The molecule has 0 aliphatic carbocycles. The van der Waals surface area contributed by atoms with Gasteiger partial charge in [0.15, 0.2) is 0 Å². The third-order valence-corrected chi connectivity index (χ3v) is 3.99. The first-order chi connectivity index (χ1) is 9.24. The zero-order valence-corrected chi connectivity index (χ0v) is 12.3. The predicted molar refractivity (Wildman–Crippen MR) is 77.7 cm³/mol. The summed E-state index contributed by atoms with van der Waals surface area (Å²) in [5.41, 5.74) is 3.54. The van der Waals surface area contributed by atoms with Crippen LogP contribution in [0.4, 0.5) is 0 Å². The fourth-order valence-corrected chi connectivity index (χ4v) is 2.62. The van der Waals surface area contributed by atoms with E-state index in [4.69, 9.17) is 4.74 Å². The van der Waals surface area contributed by atoms with Gasteiger partial charge in [0, 0.05) is 18.0 Å². The first kappa shape index (κ1) is 14.2. The average Bonchev–Trinajstić information content (AvgIpc) is 2.47. The fourth-order valence-electron chi connectivity index (χ4n) is 2.20. The number of methoxy groups -OCH3 is 1. The van der Waals surface area contributed by atoms with Crippen LogP contribution in [0.3, 0.4) is 0 Å². The third kappa shape index (κ3) is 3.64. The van der Waals surface area contributed by atoms with Crippen LogP contribution in [0.1, 0.15) is 29.6 Å². The van der Waals surface area contributed by atoms with Crippen molar-refractivity contribution in [1.82, 2.24) is 10.4 Å². The Hall–Kier alpha value is -1.20. The Labute approximate surface area is 118 Å². The van der Waals surface area contributed by atoms with Crippen LogP contribution >= 0.6 is 11.8 Å². The molecule has 2 rings (SSSR count). The van der Waals surface area contributed by atoms with Crippen molar-refractivity contribution in [2.45, 2.75) is 24.2 Å². The topological polar surface area (TPSA) is 41.6 Å². The Balaban J connectivity index is 2.09. The van der Waals surface area contributed by atoms with Crippen LogP contribution in [0.15, 0.2) is 23.1 Å².